The largest absolute Gasteiger partial charge is 0.457 e. The van der Waals surface area contributed by atoms with Crippen molar-refractivity contribution in [2.75, 3.05) is 6.54 Å². The minimum atomic E-state index is -0.261. The molecule has 2 aromatic rings. The van der Waals surface area contributed by atoms with Gasteiger partial charge in [-0.2, -0.15) is 0 Å². The number of rotatable bonds is 6. The highest BCUT2D eigenvalue weighted by Gasteiger charge is 2.31. The Morgan fingerprint density at radius 2 is 1.71 bits per heavy atom. The summed E-state index contributed by atoms with van der Waals surface area (Å²) in [7, 11) is 0. The Bertz CT molecular complexity index is 907. The number of hydrogen-bond acceptors (Lipinski definition) is 3. The molecule has 0 spiro atoms. The maximum absolute atomic E-state index is 12.4. The number of ether oxygens (including phenoxy) is 1. The molecule has 1 heterocycles. The number of ketones is 1. The molecule has 4 nitrogen and oxygen atoms in total. The highest BCUT2D eigenvalue weighted by Crippen LogP contribution is 2.32. The van der Waals surface area contributed by atoms with Crippen LogP contribution in [0.1, 0.15) is 38.8 Å². The fourth-order valence-electron chi connectivity index (χ4n) is 3.35. The Morgan fingerprint density at radius 3 is 2.25 bits per heavy atom. The van der Waals surface area contributed by atoms with Crippen molar-refractivity contribution in [2.24, 2.45) is 0 Å². The van der Waals surface area contributed by atoms with E-state index >= 15 is 0 Å². The van der Waals surface area contributed by atoms with E-state index in [0.29, 0.717) is 21.6 Å². The van der Waals surface area contributed by atoms with Gasteiger partial charge in [0.2, 0.25) is 0 Å². The summed E-state index contributed by atoms with van der Waals surface area (Å²) in [6.07, 6.45) is 0.950. The van der Waals surface area contributed by atoms with Crippen molar-refractivity contribution in [1.82, 2.24) is 10.2 Å². The van der Waals surface area contributed by atoms with Gasteiger partial charge in [0.05, 0.1) is 6.04 Å². The van der Waals surface area contributed by atoms with Crippen LogP contribution in [0.4, 0.5) is 0 Å². The third kappa shape index (κ3) is 4.37. The van der Waals surface area contributed by atoms with Gasteiger partial charge < -0.3 is 15.0 Å². The highest BCUT2D eigenvalue weighted by atomic mass is 35.5. The van der Waals surface area contributed by atoms with Gasteiger partial charge in [-0.25, -0.2) is 0 Å². The number of nitrogens with zero attached hydrogens (tertiary/aromatic N) is 1. The van der Waals surface area contributed by atoms with Crippen LogP contribution >= 0.6 is 23.8 Å². The molecule has 0 aromatic heterocycles. The lowest BCUT2D eigenvalue weighted by atomic mass is 9.92. The first kappa shape index (κ1) is 20.4. The molecule has 0 amide bonds. The van der Waals surface area contributed by atoms with Crippen molar-refractivity contribution in [3.63, 3.8) is 0 Å². The Balaban J connectivity index is 1.86. The molecule has 1 aliphatic rings. The molecular formula is C22H23ClN2O2S. The summed E-state index contributed by atoms with van der Waals surface area (Å²) in [5.74, 6) is 1.46. The third-order valence-electron chi connectivity index (χ3n) is 4.69. The van der Waals surface area contributed by atoms with Crippen molar-refractivity contribution < 1.29 is 9.53 Å². The van der Waals surface area contributed by atoms with Crippen LogP contribution in [-0.4, -0.2) is 22.3 Å². The van der Waals surface area contributed by atoms with Crippen molar-refractivity contribution in [3.05, 3.63) is 70.4 Å². The van der Waals surface area contributed by atoms with E-state index in [1.807, 2.05) is 48.2 Å². The minimum Gasteiger partial charge on any atom is -0.457 e. The van der Waals surface area contributed by atoms with Gasteiger partial charge >= 0.3 is 0 Å². The Morgan fingerprint density at radius 1 is 1.14 bits per heavy atom. The van der Waals surface area contributed by atoms with E-state index in [4.69, 9.17) is 28.6 Å². The van der Waals surface area contributed by atoms with E-state index in [2.05, 4.69) is 12.2 Å². The molecule has 0 saturated carbocycles. The lowest BCUT2D eigenvalue weighted by Crippen LogP contribution is -2.47. The van der Waals surface area contributed by atoms with Crippen molar-refractivity contribution in [3.8, 4) is 11.5 Å². The third-order valence-corrected chi connectivity index (χ3v) is 5.28. The van der Waals surface area contributed by atoms with Crippen LogP contribution in [-0.2, 0) is 4.79 Å². The second kappa shape index (κ2) is 8.76. The summed E-state index contributed by atoms with van der Waals surface area (Å²) >= 11 is 11.4. The second-order valence-corrected chi connectivity index (χ2v) is 7.54. The molecule has 0 radical (unpaired) electrons. The number of thiocarbonyl (C=S) groups is 1. The molecule has 0 bridgehead atoms. The molecular weight excluding hydrogens is 392 g/mol. The van der Waals surface area contributed by atoms with Crippen molar-refractivity contribution >= 4 is 34.7 Å². The normalized spacial score (nSPS) is 16.8. The number of halogens is 1. The number of nitrogens with one attached hydrogen (secondary N) is 1. The zero-order valence-corrected chi connectivity index (χ0v) is 17.7. The summed E-state index contributed by atoms with van der Waals surface area (Å²) in [5, 5.41) is 4.64. The second-order valence-electron chi connectivity index (χ2n) is 6.71. The van der Waals surface area contributed by atoms with Gasteiger partial charge in [0.15, 0.2) is 10.9 Å². The van der Waals surface area contributed by atoms with Crippen molar-refractivity contribution in [1.29, 1.82) is 0 Å². The van der Waals surface area contributed by atoms with Gasteiger partial charge in [0.25, 0.3) is 0 Å². The van der Waals surface area contributed by atoms with Crippen LogP contribution in [0.25, 0.3) is 0 Å². The summed E-state index contributed by atoms with van der Waals surface area (Å²) in [6.45, 7) is 6.44. The van der Waals surface area contributed by atoms with Crippen LogP contribution in [0.5, 0.6) is 11.5 Å². The fourth-order valence-corrected chi connectivity index (χ4v) is 3.82. The van der Waals surface area contributed by atoms with Crippen LogP contribution in [0.3, 0.4) is 0 Å². The number of carbonyl (C=O) groups excluding carboxylic acids is 1. The number of benzene rings is 2. The molecule has 0 saturated heterocycles. The molecule has 28 heavy (non-hydrogen) atoms. The smallest absolute Gasteiger partial charge is 0.173 e. The summed E-state index contributed by atoms with van der Waals surface area (Å²) in [6, 6.07) is 14.6. The molecule has 6 heteroatoms. The lowest BCUT2D eigenvalue weighted by Gasteiger charge is -2.37. The molecule has 3 rings (SSSR count). The Labute approximate surface area is 176 Å². The average Bonchev–Trinajstić information content (AvgIpc) is 2.67. The quantitative estimate of drug-likeness (QED) is 0.620. The van der Waals surface area contributed by atoms with E-state index in [9.17, 15) is 4.79 Å². The minimum absolute atomic E-state index is 0.0418. The molecule has 0 aliphatic carbocycles. The number of allylic oxidation sites excluding steroid dienone is 1. The van der Waals surface area contributed by atoms with E-state index in [1.165, 1.54) is 0 Å². The summed E-state index contributed by atoms with van der Waals surface area (Å²) in [5.41, 5.74) is 2.63. The first-order chi connectivity index (χ1) is 13.4. The van der Waals surface area contributed by atoms with Gasteiger partial charge in [-0.3, -0.25) is 4.79 Å². The molecule has 146 valence electrons. The van der Waals surface area contributed by atoms with Crippen LogP contribution in [0.15, 0.2) is 59.8 Å². The Hall–Kier alpha value is -2.37. The predicted octanol–water partition coefficient (Wildman–Crippen LogP) is 5.64. The molecule has 1 atom stereocenters. The lowest BCUT2D eigenvalue weighted by molar-refractivity contribution is -0.114. The zero-order valence-electron chi connectivity index (χ0n) is 16.2. The highest BCUT2D eigenvalue weighted by molar-refractivity contribution is 7.80. The topological polar surface area (TPSA) is 41.6 Å². The van der Waals surface area contributed by atoms with Crippen LogP contribution < -0.4 is 10.1 Å². The van der Waals surface area contributed by atoms with Gasteiger partial charge in [-0.15, -0.1) is 0 Å². The van der Waals surface area contributed by atoms with Crippen LogP contribution in [0.2, 0.25) is 5.02 Å². The number of hydrogen-bond donors (Lipinski definition) is 1. The van der Waals surface area contributed by atoms with E-state index in [-0.39, 0.29) is 11.8 Å². The predicted molar refractivity (Wildman–Crippen MR) is 117 cm³/mol. The van der Waals surface area contributed by atoms with Gasteiger partial charge in [0, 0.05) is 22.8 Å². The number of Topliss-reactive ketones (excluding diaryl/α,β-unsaturated/α-hetero) is 1. The average molecular weight is 415 g/mol. The zero-order chi connectivity index (χ0) is 20.3. The molecule has 2 aromatic carbocycles. The van der Waals surface area contributed by atoms with E-state index < -0.39 is 0 Å². The van der Waals surface area contributed by atoms with Gasteiger partial charge in [0.1, 0.15) is 11.5 Å². The Kier molecular flexibility index (Phi) is 6.37. The SMILES string of the molecule is CCCN1C(=S)NC(c2ccc(Oc3ccc(Cl)cc3)cc2)C(C(C)=O)=C1C. The monoisotopic (exact) mass is 414 g/mol. The van der Waals surface area contributed by atoms with Gasteiger partial charge in [-0.05, 0) is 74.4 Å². The maximum atomic E-state index is 12.4. The fraction of sp³-hybridized carbons (Fsp3) is 0.273. The molecule has 1 unspecified atom stereocenters. The maximum Gasteiger partial charge on any atom is 0.173 e. The number of carbonyl (C=O) groups is 1. The summed E-state index contributed by atoms with van der Waals surface area (Å²) in [4.78, 5) is 14.4. The molecule has 0 fully saturated rings. The first-order valence-electron chi connectivity index (χ1n) is 9.23. The van der Waals surface area contributed by atoms with Gasteiger partial charge in [-0.1, -0.05) is 30.7 Å². The molecule has 1 aliphatic heterocycles. The summed E-state index contributed by atoms with van der Waals surface area (Å²) < 4.78 is 5.85. The first-order valence-corrected chi connectivity index (χ1v) is 10.0. The standard InChI is InChI=1S/C22H23ClN2O2S/c1-4-13-25-14(2)20(15(3)26)21(24-22(25)28)16-5-9-18(10-6-16)27-19-11-7-17(23)8-12-19/h5-12,21H,4,13H2,1-3H3,(H,24,28). The molecule has 1 N–H and O–H groups in total. The van der Waals surface area contributed by atoms with E-state index in [0.717, 1.165) is 29.8 Å². The van der Waals surface area contributed by atoms with Crippen LogP contribution in [0, 0.1) is 0 Å². The van der Waals surface area contributed by atoms with Crippen molar-refractivity contribution in [2.45, 2.75) is 33.2 Å². The van der Waals surface area contributed by atoms with E-state index in [1.54, 1.807) is 19.1 Å².